The molecule has 3 N–H and O–H groups in total. The number of nitrogens with zero attached hydrogens (tertiary/aromatic N) is 5. The van der Waals surface area contributed by atoms with Crippen molar-refractivity contribution in [1.29, 1.82) is 0 Å². The van der Waals surface area contributed by atoms with Crippen molar-refractivity contribution in [3.8, 4) is 11.3 Å². The van der Waals surface area contributed by atoms with Crippen LogP contribution in [0.1, 0.15) is 75.5 Å². The van der Waals surface area contributed by atoms with E-state index >= 15 is 0 Å². The van der Waals surface area contributed by atoms with Crippen LogP contribution in [-0.2, 0) is 41.9 Å². The number of aromatic carboxylic acids is 3. The average molecular weight is 1050 g/mol. The van der Waals surface area contributed by atoms with Gasteiger partial charge < -0.3 is 24.6 Å². The number of carboxylic acids is 3. The molecular formula is C38H33B2BrF12N5O8S. The van der Waals surface area contributed by atoms with E-state index in [-0.39, 0.29) is 42.2 Å². The Morgan fingerprint density at radius 2 is 1.09 bits per heavy atom. The van der Waals surface area contributed by atoms with E-state index in [9.17, 15) is 67.1 Å². The number of carbonyl (C=O) groups is 3. The van der Waals surface area contributed by atoms with Gasteiger partial charge in [-0.15, -0.1) is 0 Å². The molecule has 3 aromatic carbocycles. The van der Waals surface area contributed by atoms with Gasteiger partial charge in [-0.1, -0.05) is 15.9 Å². The van der Waals surface area contributed by atoms with E-state index in [0.717, 1.165) is 5.59 Å². The van der Waals surface area contributed by atoms with Gasteiger partial charge in [-0.25, -0.2) is 27.6 Å². The molecule has 6 rings (SSSR count). The summed E-state index contributed by atoms with van der Waals surface area (Å²) in [5.41, 5.74) is -6.46. The van der Waals surface area contributed by atoms with E-state index in [2.05, 4.69) is 50.9 Å². The van der Waals surface area contributed by atoms with Crippen molar-refractivity contribution in [2.24, 2.45) is 18.4 Å². The van der Waals surface area contributed by atoms with Crippen LogP contribution in [-0.4, -0.2) is 78.7 Å². The van der Waals surface area contributed by atoms with E-state index in [4.69, 9.17) is 24.6 Å². The number of carboxylic acid groups (broad SMARTS) is 3. The second kappa shape index (κ2) is 22.4. The van der Waals surface area contributed by atoms with Crippen molar-refractivity contribution >= 4 is 67.0 Å². The third-order valence-corrected chi connectivity index (χ3v) is 9.64. The summed E-state index contributed by atoms with van der Waals surface area (Å²) in [5, 5.41) is 33.6. The van der Waals surface area contributed by atoms with Gasteiger partial charge in [0.1, 0.15) is 17.5 Å². The normalized spacial score (nSPS) is 13.9. The van der Waals surface area contributed by atoms with Crippen molar-refractivity contribution in [2.45, 2.75) is 57.4 Å². The molecule has 0 aliphatic carbocycles. The summed E-state index contributed by atoms with van der Waals surface area (Å²) >= 11 is 5.73. The molecule has 0 spiro atoms. The van der Waals surface area contributed by atoms with Crippen LogP contribution in [0.2, 0.25) is 0 Å². The number of thiol groups is 1. The third kappa shape index (κ3) is 15.7. The molecule has 0 saturated carbocycles. The SMILES string of the molecule is Cn1ccc(-c2cc(C(=O)O)c(F)cc2C(F)(F)F)n1.Cn1ccc(B2OC(C)(C)C(C)(C)O2)n1.O=C(O)c1cc(Br)c(C(F)(F)F)cc1F.O=C(O)c1ccc(C(F)(F)F)cc1F.[B]=NS. The number of alkyl halides is 9. The fourth-order valence-electron chi connectivity index (χ4n) is 5.06. The number of hydrogen-bond donors (Lipinski definition) is 4. The zero-order valence-corrected chi connectivity index (χ0v) is 37.5. The second-order valence-corrected chi connectivity index (χ2v) is 15.4. The zero-order chi connectivity index (χ0) is 51.8. The summed E-state index contributed by atoms with van der Waals surface area (Å²) < 4.78 is 167. The fourth-order valence-corrected chi connectivity index (χ4v) is 5.63. The minimum absolute atomic E-state index is 0.0812. The molecule has 0 atom stereocenters. The Bertz CT molecular complexity index is 2570. The quantitative estimate of drug-likeness (QED) is 0.0753. The molecule has 13 nitrogen and oxygen atoms in total. The minimum atomic E-state index is -4.81. The first kappa shape index (κ1) is 57.5. The average Bonchev–Trinajstić information content (AvgIpc) is 3.87. The molecule has 0 bridgehead atoms. The van der Waals surface area contributed by atoms with E-state index in [0.29, 0.717) is 24.3 Å². The zero-order valence-electron chi connectivity index (χ0n) is 35.0. The Morgan fingerprint density at radius 1 is 0.672 bits per heavy atom. The van der Waals surface area contributed by atoms with Gasteiger partial charge in [0, 0.05) is 36.5 Å². The van der Waals surface area contributed by atoms with Gasteiger partial charge in [0.15, 0.2) is 0 Å². The summed E-state index contributed by atoms with van der Waals surface area (Å²) in [5.74, 6) is -9.12. The Labute approximate surface area is 386 Å². The molecule has 1 aliphatic heterocycles. The Hall–Kier alpha value is -5.67. The summed E-state index contributed by atoms with van der Waals surface area (Å²) in [4.78, 5) is 31.5. The standard InChI is InChI=1S/C12H8F4N2O2.C10H17BN2O2.C8H3BrF4O2.C8H4F4O2.BHNS/c1-18-3-2-10(17-18)6-4-7(11(19)20)9(13)5-8(6)12(14,15)16;1-9(2)10(3,4)15-11(14-9)8-6-7-13(5)12-8;9-5-1-3(7(14)15)6(10)2-4(5)8(11,12)13;9-6-3-4(8(10,11)12)1-2-5(6)7(13)14;1-2-3/h2-5H,1H3,(H,19,20);6-7H,1-5H3;1-2H,(H,14,15);1-3H,(H,13,14);3H. The molecule has 67 heavy (non-hydrogen) atoms. The third-order valence-electron chi connectivity index (χ3n) is 8.98. The molecule has 3 heterocycles. The molecule has 361 valence electrons. The van der Waals surface area contributed by atoms with Crippen LogP contribution in [0.15, 0.2) is 75.8 Å². The second-order valence-electron chi connectivity index (χ2n) is 14.3. The van der Waals surface area contributed by atoms with Crippen LogP contribution < -0.4 is 5.59 Å². The number of halogens is 13. The molecule has 29 heteroatoms. The van der Waals surface area contributed by atoms with Crippen LogP contribution >= 0.6 is 28.7 Å². The molecule has 1 aliphatic rings. The van der Waals surface area contributed by atoms with E-state index in [1.54, 1.807) is 4.68 Å². The molecule has 1 fully saturated rings. The van der Waals surface area contributed by atoms with E-state index in [1.165, 1.54) is 24.0 Å². The Kier molecular flexibility index (Phi) is 19.2. The molecule has 2 aromatic heterocycles. The van der Waals surface area contributed by atoms with E-state index in [1.807, 2.05) is 47.0 Å². The van der Waals surface area contributed by atoms with Crippen molar-refractivity contribution in [3.63, 3.8) is 0 Å². The molecule has 0 unspecified atom stereocenters. The number of aryl methyl sites for hydroxylation is 2. The van der Waals surface area contributed by atoms with Gasteiger partial charge in [0.2, 0.25) is 0 Å². The first-order chi connectivity index (χ1) is 30.5. The summed E-state index contributed by atoms with van der Waals surface area (Å²) in [6.45, 7) is 8.15. The molecule has 1 saturated heterocycles. The van der Waals surface area contributed by atoms with Crippen molar-refractivity contribution in [1.82, 2.24) is 19.6 Å². The van der Waals surface area contributed by atoms with Crippen LogP contribution in [0.3, 0.4) is 0 Å². The Morgan fingerprint density at radius 3 is 1.46 bits per heavy atom. The predicted molar refractivity (Wildman–Crippen MR) is 221 cm³/mol. The molecular weight excluding hydrogens is 1020 g/mol. The molecule has 5 aromatic rings. The maximum absolute atomic E-state index is 13.4. The van der Waals surface area contributed by atoms with E-state index < -0.39 is 97.3 Å². The number of hydrogen-bond acceptors (Lipinski definition) is 9. The monoisotopic (exact) mass is 1050 g/mol. The Balaban J connectivity index is 0.000000303. The van der Waals surface area contributed by atoms with Crippen LogP contribution in [0.4, 0.5) is 52.7 Å². The first-order valence-electron chi connectivity index (χ1n) is 17.9. The van der Waals surface area contributed by atoms with Gasteiger partial charge in [-0.3, -0.25) is 9.36 Å². The maximum atomic E-state index is 13.4. The van der Waals surface area contributed by atoms with Crippen LogP contribution in [0.25, 0.3) is 11.3 Å². The number of rotatable bonds is 5. The number of aromatic nitrogens is 4. The van der Waals surface area contributed by atoms with Gasteiger partial charge in [-0.05, 0) is 82.3 Å². The summed E-state index contributed by atoms with van der Waals surface area (Å²) in [6, 6.07) is 6.01. The summed E-state index contributed by atoms with van der Waals surface area (Å²) in [7, 11) is 7.37. The predicted octanol–water partition coefficient (Wildman–Crippen LogP) is 9.69. The van der Waals surface area contributed by atoms with Crippen LogP contribution in [0, 0.1) is 17.5 Å². The van der Waals surface area contributed by atoms with Crippen LogP contribution in [0.5, 0.6) is 0 Å². The summed E-state index contributed by atoms with van der Waals surface area (Å²) in [6.07, 6.45) is -10.9. The van der Waals surface area contributed by atoms with Crippen molar-refractivity contribution in [2.75, 3.05) is 0 Å². The first-order valence-corrected chi connectivity index (χ1v) is 19.1. The fraction of sp³-hybridized carbons (Fsp3) is 0.289. The molecule has 0 amide bonds. The van der Waals surface area contributed by atoms with Crippen molar-refractivity contribution in [3.05, 3.63) is 122 Å². The molecule has 1 radical (unpaired) electrons. The van der Waals surface area contributed by atoms with Crippen molar-refractivity contribution < 1.29 is 91.7 Å². The van der Waals surface area contributed by atoms with Gasteiger partial charge in [0.25, 0.3) is 0 Å². The number of benzene rings is 3. The topological polar surface area (TPSA) is 178 Å². The van der Waals surface area contributed by atoms with Gasteiger partial charge in [0.05, 0.1) is 55.9 Å². The van der Waals surface area contributed by atoms with Gasteiger partial charge >= 0.3 is 68.3 Å². The van der Waals surface area contributed by atoms with Gasteiger partial charge in [-0.2, -0.15) is 49.7 Å².